The van der Waals surface area contributed by atoms with E-state index in [2.05, 4.69) is 0 Å². The van der Waals surface area contributed by atoms with E-state index in [-0.39, 0.29) is 6.61 Å². The highest BCUT2D eigenvalue weighted by molar-refractivity contribution is 5.89. The van der Waals surface area contributed by atoms with Crippen molar-refractivity contribution in [1.82, 2.24) is 0 Å². The van der Waals surface area contributed by atoms with E-state index in [0.29, 0.717) is 18.6 Å². The Morgan fingerprint density at radius 3 is 2.70 bits per heavy atom. The minimum atomic E-state index is -0.527. The van der Waals surface area contributed by atoms with Gasteiger partial charge < -0.3 is 19.3 Å². The van der Waals surface area contributed by atoms with Gasteiger partial charge >= 0.3 is 5.97 Å². The Kier molecular flexibility index (Phi) is 5.11. The van der Waals surface area contributed by atoms with Crippen LogP contribution in [0.2, 0.25) is 0 Å². The van der Waals surface area contributed by atoms with Gasteiger partial charge in [-0.2, -0.15) is 0 Å². The van der Waals surface area contributed by atoms with Crippen molar-refractivity contribution in [3.63, 3.8) is 0 Å². The lowest BCUT2D eigenvalue weighted by molar-refractivity contribution is -0.140. The van der Waals surface area contributed by atoms with E-state index < -0.39 is 24.5 Å². The van der Waals surface area contributed by atoms with Gasteiger partial charge in [0.2, 0.25) is 0 Å². The number of esters is 1. The van der Waals surface area contributed by atoms with Gasteiger partial charge in [0.1, 0.15) is 12.2 Å². The Morgan fingerprint density at radius 2 is 2.10 bits per heavy atom. The fraction of sp³-hybridized carbons (Fsp3) is 0.533. The molecule has 0 amide bonds. The first-order chi connectivity index (χ1) is 9.63. The molecule has 1 N–H and O–H groups in total. The van der Waals surface area contributed by atoms with Gasteiger partial charge in [0.25, 0.3) is 0 Å². The Balaban J connectivity index is 1.97. The second-order valence-corrected chi connectivity index (χ2v) is 4.79. The first-order valence-electron chi connectivity index (χ1n) is 6.79. The molecule has 0 spiro atoms. The maximum atomic E-state index is 12.0. The monoisotopic (exact) mass is 280 g/mol. The molecular weight excluding hydrogens is 260 g/mol. The van der Waals surface area contributed by atoms with E-state index in [1.54, 1.807) is 12.1 Å². The van der Waals surface area contributed by atoms with Crippen LogP contribution in [0, 0.1) is 6.92 Å². The number of hydrogen-bond donors (Lipinski definition) is 1. The number of carbonyl (C=O) groups is 1. The van der Waals surface area contributed by atoms with E-state index >= 15 is 0 Å². The Labute approximate surface area is 118 Å². The standard InChI is InChI=1S/C15H20O5/c1-3-18-14-8-12(13(9-16)19-14)20-15(17)11-6-4-10(2)5-7-11/h4-7,12-14,16H,3,8-9H2,1-2H3/t12-,13+,14+/m0/s1. The quantitative estimate of drug-likeness (QED) is 0.831. The lowest BCUT2D eigenvalue weighted by Crippen LogP contribution is -2.30. The zero-order valence-corrected chi connectivity index (χ0v) is 11.7. The number of rotatable bonds is 5. The van der Waals surface area contributed by atoms with Crippen LogP contribution in [0.15, 0.2) is 24.3 Å². The first kappa shape index (κ1) is 15.0. The molecule has 1 saturated heterocycles. The highest BCUT2D eigenvalue weighted by Gasteiger charge is 2.38. The van der Waals surface area contributed by atoms with Crippen molar-refractivity contribution in [2.24, 2.45) is 0 Å². The minimum absolute atomic E-state index is 0.199. The van der Waals surface area contributed by atoms with Gasteiger partial charge in [0, 0.05) is 13.0 Å². The van der Waals surface area contributed by atoms with Crippen LogP contribution >= 0.6 is 0 Å². The SMILES string of the molecule is CCO[C@H]1C[C@H](OC(=O)c2ccc(C)cc2)[C@@H](CO)O1. The van der Waals surface area contributed by atoms with Crippen molar-refractivity contribution in [2.75, 3.05) is 13.2 Å². The number of benzene rings is 1. The van der Waals surface area contributed by atoms with E-state index in [9.17, 15) is 9.90 Å². The maximum Gasteiger partial charge on any atom is 0.338 e. The summed E-state index contributed by atoms with van der Waals surface area (Å²) in [6, 6.07) is 7.16. The average molecular weight is 280 g/mol. The zero-order chi connectivity index (χ0) is 14.5. The molecule has 0 bridgehead atoms. The molecule has 1 fully saturated rings. The third kappa shape index (κ3) is 3.56. The molecule has 20 heavy (non-hydrogen) atoms. The molecule has 3 atom stereocenters. The highest BCUT2D eigenvalue weighted by atomic mass is 16.7. The van der Waals surface area contributed by atoms with E-state index in [4.69, 9.17) is 14.2 Å². The zero-order valence-electron chi connectivity index (χ0n) is 11.7. The van der Waals surface area contributed by atoms with Crippen molar-refractivity contribution in [3.05, 3.63) is 35.4 Å². The average Bonchev–Trinajstić information content (AvgIpc) is 2.81. The van der Waals surface area contributed by atoms with E-state index in [1.165, 1.54) is 0 Å². The van der Waals surface area contributed by atoms with Gasteiger partial charge in [-0.15, -0.1) is 0 Å². The Bertz CT molecular complexity index is 442. The predicted octanol–water partition coefficient (Wildman–Crippen LogP) is 1.66. The highest BCUT2D eigenvalue weighted by Crippen LogP contribution is 2.25. The molecule has 2 rings (SSSR count). The summed E-state index contributed by atoms with van der Waals surface area (Å²) in [5.74, 6) is -0.408. The van der Waals surface area contributed by atoms with Gasteiger partial charge in [-0.1, -0.05) is 17.7 Å². The van der Waals surface area contributed by atoms with Crippen LogP contribution in [-0.4, -0.2) is 42.8 Å². The van der Waals surface area contributed by atoms with Crippen LogP contribution in [0.1, 0.15) is 29.3 Å². The molecule has 0 radical (unpaired) electrons. The number of ether oxygens (including phenoxy) is 3. The summed E-state index contributed by atoms with van der Waals surface area (Å²) in [7, 11) is 0. The van der Waals surface area contributed by atoms with Crippen LogP contribution in [0.3, 0.4) is 0 Å². The summed E-state index contributed by atoms with van der Waals surface area (Å²) in [4.78, 5) is 12.0. The Morgan fingerprint density at radius 1 is 1.40 bits per heavy atom. The third-order valence-corrected chi connectivity index (χ3v) is 3.24. The summed E-state index contributed by atoms with van der Waals surface area (Å²) in [5.41, 5.74) is 1.57. The molecule has 0 saturated carbocycles. The van der Waals surface area contributed by atoms with Gasteiger partial charge in [-0.3, -0.25) is 0 Å². The lowest BCUT2D eigenvalue weighted by atomic mass is 10.1. The molecule has 5 heteroatoms. The molecule has 1 aliphatic rings. The summed E-state index contributed by atoms with van der Waals surface area (Å²) >= 11 is 0. The fourth-order valence-electron chi connectivity index (χ4n) is 2.15. The molecule has 110 valence electrons. The minimum Gasteiger partial charge on any atom is -0.456 e. The van der Waals surface area contributed by atoms with E-state index in [1.807, 2.05) is 26.0 Å². The van der Waals surface area contributed by atoms with Crippen molar-refractivity contribution < 1.29 is 24.1 Å². The van der Waals surface area contributed by atoms with E-state index in [0.717, 1.165) is 5.56 Å². The first-order valence-corrected chi connectivity index (χ1v) is 6.79. The maximum absolute atomic E-state index is 12.0. The molecule has 0 aliphatic carbocycles. The second kappa shape index (κ2) is 6.83. The molecule has 1 aromatic rings. The molecular formula is C15H20O5. The van der Waals surface area contributed by atoms with Gasteiger partial charge in [-0.05, 0) is 26.0 Å². The lowest BCUT2D eigenvalue weighted by Gasteiger charge is -2.16. The van der Waals surface area contributed by atoms with Gasteiger partial charge in [-0.25, -0.2) is 4.79 Å². The summed E-state index contributed by atoms with van der Waals surface area (Å²) in [6.07, 6.45) is -0.990. The molecule has 5 nitrogen and oxygen atoms in total. The number of hydrogen-bond acceptors (Lipinski definition) is 5. The number of aliphatic hydroxyl groups excluding tert-OH is 1. The topological polar surface area (TPSA) is 65.0 Å². The number of aryl methyl sites for hydroxylation is 1. The van der Waals surface area contributed by atoms with Crippen LogP contribution in [0.25, 0.3) is 0 Å². The summed E-state index contributed by atoms with van der Waals surface area (Å²) in [5, 5.41) is 9.27. The molecule has 1 aliphatic heterocycles. The third-order valence-electron chi connectivity index (χ3n) is 3.24. The predicted molar refractivity (Wildman–Crippen MR) is 72.4 cm³/mol. The van der Waals surface area contributed by atoms with Crippen LogP contribution < -0.4 is 0 Å². The van der Waals surface area contributed by atoms with Gasteiger partial charge in [0.05, 0.1) is 12.2 Å². The number of aliphatic hydroxyl groups is 1. The van der Waals surface area contributed by atoms with Crippen LogP contribution in [0.5, 0.6) is 0 Å². The van der Waals surface area contributed by atoms with Crippen molar-refractivity contribution in [3.8, 4) is 0 Å². The molecule has 0 unspecified atom stereocenters. The largest absolute Gasteiger partial charge is 0.456 e. The smallest absolute Gasteiger partial charge is 0.338 e. The molecule has 1 heterocycles. The summed E-state index contributed by atoms with van der Waals surface area (Å²) in [6.45, 7) is 4.13. The fourth-order valence-corrected chi connectivity index (χ4v) is 2.15. The van der Waals surface area contributed by atoms with Crippen molar-refractivity contribution >= 4 is 5.97 Å². The van der Waals surface area contributed by atoms with Crippen LogP contribution in [-0.2, 0) is 14.2 Å². The normalized spacial score (nSPS) is 25.6. The Hall–Kier alpha value is -1.43. The second-order valence-electron chi connectivity index (χ2n) is 4.79. The molecule has 0 aromatic heterocycles. The van der Waals surface area contributed by atoms with Crippen molar-refractivity contribution in [1.29, 1.82) is 0 Å². The van der Waals surface area contributed by atoms with Crippen LogP contribution in [0.4, 0.5) is 0 Å². The summed E-state index contributed by atoms with van der Waals surface area (Å²) < 4.78 is 16.2. The number of carbonyl (C=O) groups excluding carboxylic acids is 1. The molecule has 1 aromatic carbocycles. The van der Waals surface area contributed by atoms with Crippen molar-refractivity contribution in [2.45, 2.75) is 38.8 Å². The van der Waals surface area contributed by atoms with Gasteiger partial charge in [0.15, 0.2) is 6.29 Å².